The van der Waals surface area contributed by atoms with Crippen molar-refractivity contribution in [2.45, 2.75) is 24.8 Å². The molecule has 2 N–H and O–H groups in total. The number of rotatable bonds is 0. The second kappa shape index (κ2) is 2.99. The van der Waals surface area contributed by atoms with Gasteiger partial charge in [0.25, 0.3) is 0 Å². The van der Waals surface area contributed by atoms with E-state index in [9.17, 15) is 4.79 Å². The second-order valence-electron chi connectivity index (χ2n) is 3.26. The van der Waals surface area contributed by atoms with Crippen LogP contribution in [-0.4, -0.2) is 24.5 Å². The standard InChI is InChI=1S/C7H12N2O.ClH/c10-6-4-9-7(5-8-6)2-1-3-7;/h9H,1-5H2,(H,8,10);1H. The summed E-state index contributed by atoms with van der Waals surface area (Å²) in [7, 11) is 0. The minimum atomic E-state index is 0. The first-order valence-electron chi connectivity index (χ1n) is 3.83. The Hall–Kier alpha value is -0.280. The summed E-state index contributed by atoms with van der Waals surface area (Å²) in [5, 5.41) is 6.14. The third-order valence-corrected chi connectivity index (χ3v) is 2.56. The van der Waals surface area contributed by atoms with Crippen molar-refractivity contribution in [3.05, 3.63) is 0 Å². The van der Waals surface area contributed by atoms with Crippen molar-refractivity contribution in [3.8, 4) is 0 Å². The number of amides is 1. The molecule has 2 aliphatic rings. The molecule has 11 heavy (non-hydrogen) atoms. The first-order valence-corrected chi connectivity index (χ1v) is 3.83. The van der Waals surface area contributed by atoms with Crippen molar-refractivity contribution in [3.63, 3.8) is 0 Å². The summed E-state index contributed by atoms with van der Waals surface area (Å²) in [6, 6.07) is 0. The van der Waals surface area contributed by atoms with Crippen LogP contribution in [0.1, 0.15) is 19.3 Å². The van der Waals surface area contributed by atoms with E-state index in [1.54, 1.807) is 0 Å². The van der Waals surface area contributed by atoms with Gasteiger partial charge in [-0.05, 0) is 19.3 Å². The van der Waals surface area contributed by atoms with Gasteiger partial charge in [-0.2, -0.15) is 0 Å². The Kier molecular flexibility index (Phi) is 2.40. The van der Waals surface area contributed by atoms with Crippen molar-refractivity contribution in [2.75, 3.05) is 13.1 Å². The maximum absolute atomic E-state index is 10.7. The molecule has 4 heteroatoms. The fraction of sp³-hybridized carbons (Fsp3) is 0.857. The highest BCUT2D eigenvalue weighted by Gasteiger charge is 2.39. The van der Waals surface area contributed by atoms with Crippen LogP contribution in [-0.2, 0) is 4.79 Å². The molecule has 0 atom stereocenters. The predicted octanol–water partition coefficient (Wildman–Crippen LogP) is 0.0503. The van der Waals surface area contributed by atoms with Crippen LogP contribution in [0.25, 0.3) is 0 Å². The minimum absolute atomic E-state index is 0. The lowest BCUT2D eigenvalue weighted by Gasteiger charge is -2.45. The predicted molar refractivity (Wildman–Crippen MR) is 44.8 cm³/mol. The minimum Gasteiger partial charge on any atom is -0.353 e. The fourth-order valence-corrected chi connectivity index (χ4v) is 1.62. The number of carbonyl (C=O) groups is 1. The van der Waals surface area contributed by atoms with Crippen molar-refractivity contribution in [1.82, 2.24) is 10.6 Å². The highest BCUT2D eigenvalue weighted by Crippen LogP contribution is 2.31. The van der Waals surface area contributed by atoms with Crippen molar-refractivity contribution in [1.29, 1.82) is 0 Å². The quantitative estimate of drug-likeness (QED) is 0.548. The van der Waals surface area contributed by atoms with Crippen LogP contribution in [0.2, 0.25) is 0 Å². The molecular weight excluding hydrogens is 164 g/mol. The number of hydrogen-bond donors (Lipinski definition) is 2. The molecule has 1 saturated heterocycles. The van der Waals surface area contributed by atoms with Gasteiger partial charge in [-0.1, -0.05) is 0 Å². The first-order chi connectivity index (χ1) is 4.81. The van der Waals surface area contributed by atoms with Gasteiger partial charge in [0.2, 0.25) is 5.91 Å². The largest absolute Gasteiger partial charge is 0.353 e. The molecule has 0 aromatic carbocycles. The average molecular weight is 177 g/mol. The smallest absolute Gasteiger partial charge is 0.234 e. The van der Waals surface area contributed by atoms with Gasteiger partial charge in [-0.25, -0.2) is 0 Å². The molecule has 0 unspecified atom stereocenters. The number of hydrogen-bond acceptors (Lipinski definition) is 2. The summed E-state index contributed by atoms with van der Waals surface area (Å²) in [4.78, 5) is 10.7. The van der Waals surface area contributed by atoms with Gasteiger partial charge in [-0.15, -0.1) is 12.4 Å². The normalized spacial score (nSPS) is 26.7. The van der Waals surface area contributed by atoms with Gasteiger partial charge >= 0.3 is 0 Å². The monoisotopic (exact) mass is 176 g/mol. The summed E-state index contributed by atoms with van der Waals surface area (Å²) < 4.78 is 0. The molecule has 2 rings (SSSR count). The number of nitrogens with one attached hydrogen (secondary N) is 2. The Morgan fingerprint density at radius 3 is 2.45 bits per heavy atom. The average Bonchev–Trinajstić information content (AvgIpc) is 1.86. The van der Waals surface area contributed by atoms with Gasteiger partial charge in [0.15, 0.2) is 0 Å². The van der Waals surface area contributed by atoms with Crippen LogP contribution in [0.5, 0.6) is 0 Å². The topological polar surface area (TPSA) is 41.1 Å². The lowest BCUT2D eigenvalue weighted by Crippen LogP contribution is -2.64. The SMILES string of the molecule is Cl.O=C1CNC2(CCC2)CN1. The van der Waals surface area contributed by atoms with Crippen molar-refractivity contribution < 1.29 is 4.79 Å². The third-order valence-electron chi connectivity index (χ3n) is 2.56. The van der Waals surface area contributed by atoms with E-state index in [0.717, 1.165) is 6.54 Å². The Morgan fingerprint density at radius 2 is 2.09 bits per heavy atom. The summed E-state index contributed by atoms with van der Waals surface area (Å²) in [5.74, 6) is 0.137. The van der Waals surface area contributed by atoms with E-state index in [-0.39, 0.29) is 18.3 Å². The van der Waals surface area contributed by atoms with E-state index < -0.39 is 0 Å². The van der Waals surface area contributed by atoms with Crippen LogP contribution in [0, 0.1) is 0 Å². The van der Waals surface area contributed by atoms with E-state index in [1.165, 1.54) is 19.3 Å². The van der Waals surface area contributed by atoms with E-state index in [2.05, 4.69) is 10.6 Å². The van der Waals surface area contributed by atoms with E-state index in [0.29, 0.717) is 12.1 Å². The van der Waals surface area contributed by atoms with E-state index in [4.69, 9.17) is 0 Å². The molecule has 0 radical (unpaired) electrons. The third kappa shape index (κ3) is 1.49. The highest BCUT2D eigenvalue weighted by atomic mass is 35.5. The lowest BCUT2D eigenvalue weighted by molar-refractivity contribution is -0.123. The molecule has 64 valence electrons. The Balaban J connectivity index is 0.000000605. The van der Waals surface area contributed by atoms with Gasteiger partial charge in [0.05, 0.1) is 6.54 Å². The molecule has 0 aromatic rings. The van der Waals surface area contributed by atoms with Gasteiger partial charge in [0, 0.05) is 12.1 Å². The molecule has 1 amide bonds. The molecule has 1 spiro atoms. The molecule has 2 fully saturated rings. The molecule has 1 heterocycles. The van der Waals surface area contributed by atoms with Crippen LogP contribution in [0.3, 0.4) is 0 Å². The van der Waals surface area contributed by atoms with Crippen LogP contribution >= 0.6 is 12.4 Å². The highest BCUT2D eigenvalue weighted by molar-refractivity contribution is 5.85. The zero-order valence-corrected chi connectivity index (χ0v) is 7.17. The maximum atomic E-state index is 10.7. The Bertz CT molecular complexity index is 156. The summed E-state index contributed by atoms with van der Waals surface area (Å²) in [6.07, 6.45) is 3.77. The zero-order chi connectivity index (χ0) is 7.03. The van der Waals surface area contributed by atoms with Crippen molar-refractivity contribution in [2.24, 2.45) is 0 Å². The molecule has 3 nitrogen and oxygen atoms in total. The fourth-order valence-electron chi connectivity index (χ4n) is 1.62. The Morgan fingerprint density at radius 1 is 1.36 bits per heavy atom. The molecule has 1 aliphatic heterocycles. The molecular formula is C7H13ClN2O. The van der Waals surface area contributed by atoms with E-state index in [1.807, 2.05) is 0 Å². The summed E-state index contributed by atoms with van der Waals surface area (Å²) >= 11 is 0. The van der Waals surface area contributed by atoms with Crippen molar-refractivity contribution >= 4 is 18.3 Å². The number of halogens is 1. The summed E-state index contributed by atoms with van der Waals surface area (Å²) in [5.41, 5.74) is 0.300. The molecule has 0 aromatic heterocycles. The summed E-state index contributed by atoms with van der Waals surface area (Å²) in [6.45, 7) is 1.35. The first kappa shape index (κ1) is 8.81. The van der Waals surface area contributed by atoms with Gasteiger partial charge in [0.1, 0.15) is 0 Å². The lowest BCUT2D eigenvalue weighted by atomic mass is 9.76. The molecule has 0 bridgehead atoms. The van der Waals surface area contributed by atoms with Crippen LogP contribution in [0.15, 0.2) is 0 Å². The van der Waals surface area contributed by atoms with Gasteiger partial charge in [-0.3, -0.25) is 4.79 Å². The van der Waals surface area contributed by atoms with Crippen LogP contribution in [0.4, 0.5) is 0 Å². The number of carbonyl (C=O) groups excluding carboxylic acids is 1. The number of piperazine rings is 1. The molecule has 1 saturated carbocycles. The Labute approximate surface area is 72.3 Å². The second-order valence-corrected chi connectivity index (χ2v) is 3.26. The van der Waals surface area contributed by atoms with Crippen LogP contribution < -0.4 is 10.6 Å². The molecule has 1 aliphatic carbocycles. The maximum Gasteiger partial charge on any atom is 0.234 e. The van der Waals surface area contributed by atoms with Gasteiger partial charge < -0.3 is 10.6 Å². The van der Waals surface area contributed by atoms with E-state index >= 15 is 0 Å². The zero-order valence-electron chi connectivity index (χ0n) is 6.35.